The summed E-state index contributed by atoms with van der Waals surface area (Å²) in [6.07, 6.45) is 0.357. The molecule has 0 bridgehead atoms. The van der Waals surface area contributed by atoms with Crippen molar-refractivity contribution in [2.24, 2.45) is 11.7 Å². The number of hydrogen-bond donors (Lipinski definition) is 1. The van der Waals surface area contributed by atoms with E-state index in [1.165, 1.54) is 16.9 Å². The zero-order valence-electron chi connectivity index (χ0n) is 13.9. The lowest BCUT2D eigenvalue weighted by Gasteiger charge is -2.17. The van der Waals surface area contributed by atoms with Crippen molar-refractivity contribution >= 4 is 17.2 Å². The zero-order valence-corrected chi connectivity index (χ0v) is 14.7. The van der Waals surface area contributed by atoms with Gasteiger partial charge in [-0.1, -0.05) is 41.7 Å². The van der Waals surface area contributed by atoms with Gasteiger partial charge in [-0.2, -0.15) is 0 Å². The molecule has 1 aliphatic rings. The highest BCUT2D eigenvalue weighted by molar-refractivity contribution is 7.07. The molecule has 1 aromatic carbocycles. The molecule has 0 radical (unpaired) electrons. The Morgan fingerprint density at radius 2 is 2.04 bits per heavy atom. The fourth-order valence-electron chi connectivity index (χ4n) is 3.43. The summed E-state index contributed by atoms with van der Waals surface area (Å²) in [5.74, 6) is 0.692. The number of nitrogens with two attached hydrogens (primary N) is 1. The van der Waals surface area contributed by atoms with Crippen LogP contribution in [-0.2, 0) is 11.3 Å². The minimum Gasteiger partial charge on any atom is -0.342 e. The van der Waals surface area contributed by atoms with Crippen molar-refractivity contribution in [3.63, 3.8) is 0 Å². The maximum atomic E-state index is 12.6. The summed E-state index contributed by atoms with van der Waals surface area (Å²) in [5.41, 5.74) is 8.09. The van der Waals surface area contributed by atoms with E-state index in [1.54, 1.807) is 4.57 Å². The first kappa shape index (κ1) is 16.9. The molecule has 0 saturated carbocycles. The number of hydrogen-bond acceptors (Lipinski definition) is 4. The van der Waals surface area contributed by atoms with Gasteiger partial charge in [-0.05, 0) is 24.9 Å². The number of amides is 1. The SMILES string of the molecule is Cc1csc(=O)n1CCC(=O)N1C[C@@H](CN)[C@H](c2ccccc2)C1. The summed E-state index contributed by atoms with van der Waals surface area (Å²) in [7, 11) is 0. The first-order valence-corrected chi connectivity index (χ1v) is 9.16. The van der Waals surface area contributed by atoms with Gasteiger partial charge in [0, 0.05) is 43.0 Å². The summed E-state index contributed by atoms with van der Waals surface area (Å²) in [4.78, 5) is 26.2. The lowest BCUT2D eigenvalue weighted by molar-refractivity contribution is -0.130. The van der Waals surface area contributed by atoms with Gasteiger partial charge in [0.1, 0.15) is 0 Å². The fraction of sp³-hybridized carbons (Fsp3) is 0.444. The van der Waals surface area contributed by atoms with E-state index < -0.39 is 0 Å². The average Bonchev–Trinajstić information content (AvgIpc) is 3.17. The van der Waals surface area contributed by atoms with E-state index in [1.807, 2.05) is 35.4 Å². The molecule has 0 unspecified atom stereocenters. The number of thiazole rings is 1. The average molecular weight is 345 g/mol. The maximum Gasteiger partial charge on any atom is 0.307 e. The molecule has 1 fully saturated rings. The van der Waals surface area contributed by atoms with Gasteiger partial charge in [0.05, 0.1) is 0 Å². The Kier molecular flexibility index (Phi) is 5.16. The molecule has 2 aromatic rings. The Balaban J connectivity index is 1.65. The van der Waals surface area contributed by atoms with E-state index in [2.05, 4.69) is 12.1 Å². The quantitative estimate of drug-likeness (QED) is 0.898. The Morgan fingerprint density at radius 1 is 1.29 bits per heavy atom. The van der Waals surface area contributed by atoms with Crippen molar-refractivity contribution in [2.45, 2.75) is 25.8 Å². The number of benzene rings is 1. The van der Waals surface area contributed by atoms with Gasteiger partial charge in [0.25, 0.3) is 0 Å². The molecule has 2 heterocycles. The lowest BCUT2D eigenvalue weighted by atomic mass is 9.89. The van der Waals surface area contributed by atoms with Gasteiger partial charge in [0.15, 0.2) is 0 Å². The second-order valence-corrected chi connectivity index (χ2v) is 7.18. The number of aryl methyl sites for hydroxylation is 1. The highest BCUT2D eigenvalue weighted by atomic mass is 32.1. The largest absolute Gasteiger partial charge is 0.342 e. The van der Waals surface area contributed by atoms with Crippen molar-refractivity contribution in [2.75, 3.05) is 19.6 Å². The van der Waals surface area contributed by atoms with Crippen LogP contribution in [-0.4, -0.2) is 35.0 Å². The Morgan fingerprint density at radius 3 is 2.67 bits per heavy atom. The topological polar surface area (TPSA) is 68.3 Å². The molecule has 1 aromatic heterocycles. The van der Waals surface area contributed by atoms with Gasteiger partial charge in [-0.25, -0.2) is 0 Å². The van der Waals surface area contributed by atoms with E-state index in [0.29, 0.717) is 44.4 Å². The van der Waals surface area contributed by atoms with Crippen molar-refractivity contribution < 1.29 is 4.79 Å². The van der Waals surface area contributed by atoms with Gasteiger partial charge < -0.3 is 15.2 Å². The zero-order chi connectivity index (χ0) is 17.1. The number of nitrogens with zero attached hydrogens (tertiary/aromatic N) is 2. The molecule has 128 valence electrons. The highest BCUT2D eigenvalue weighted by Crippen LogP contribution is 2.32. The van der Waals surface area contributed by atoms with Crippen LogP contribution in [0.5, 0.6) is 0 Å². The summed E-state index contributed by atoms with van der Waals surface area (Å²) in [5, 5.41) is 1.83. The molecule has 1 amide bonds. The van der Waals surface area contributed by atoms with Crippen LogP contribution in [0.25, 0.3) is 0 Å². The standard InChI is InChI=1S/C18H23N3O2S/c1-13-12-24-18(23)21(13)8-7-17(22)20-10-15(9-19)16(11-20)14-5-3-2-4-6-14/h2-6,12,15-16H,7-11,19H2,1H3/t15-,16+/m1/s1. The van der Waals surface area contributed by atoms with Crippen LogP contribution in [0.15, 0.2) is 40.5 Å². The van der Waals surface area contributed by atoms with Crippen molar-refractivity contribution in [1.82, 2.24) is 9.47 Å². The molecule has 1 saturated heterocycles. The van der Waals surface area contributed by atoms with E-state index in [4.69, 9.17) is 5.73 Å². The lowest BCUT2D eigenvalue weighted by Crippen LogP contribution is -2.31. The Labute approximate surface area is 145 Å². The predicted molar refractivity (Wildman–Crippen MR) is 96.2 cm³/mol. The number of rotatable bonds is 5. The second-order valence-electron chi connectivity index (χ2n) is 6.36. The molecule has 1 aliphatic heterocycles. The smallest absolute Gasteiger partial charge is 0.307 e. The van der Waals surface area contributed by atoms with Crippen LogP contribution in [0.2, 0.25) is 0 Å². The number of carbonyl (C=O) groups is 1. The first-order chi connectivity index (χ1) is 11.6. The van der Waals surface area contributed by atoms with Crippen LogP contribution in [0.3, 0.4) is 0 Å². The molecular weight excluding hydrogens is 322 g/mol. The van der Waals surface area contributed by atoms with Gasteiger partial charge >= 0.3 is 4.87 Å². The molecule has 24 heavy (non-hydrogen) atoms. The van der Waals surface area contributed by atoms with E-state index >= 15 is 0 Å². The summed E-state index contributed by atoms with van der Waals surface area (Å²) in [6, 6.07) is 10.3. The van der Waals surface area contributed by atoms with Crippen LogP contribution in [0.1, 0.15) is 23.6 Å². The first-order valence-electron chi connectivity index (χ1n) is 8.28. The van der Waals surface area contributed by atoms with Gasteiger partial charge in [-0.15, -0.1) is 0 Å². The number of likely N-dealkylation sites (tertiary alicyclic amines) is 1. The molecule has 2 atom stereocenters. The molecule has 6 heteroatoms. The van der Waals surface area contributed by atoms with E-state index in [9.17, 15) is 9.59 Å². The molecule has 3 rings (SSSR count). The third-order valence-electron chi connectivity index (χ3n) is 4.85. The van der Waals surface area contributed by atoms with Crippen LogP contribution < -0.4 is 10.6 Å². The number of aromatic nitrogens is 1. The summed E-state index contributed by atoms with van der Waals surface area (Å²) >= 11 is 1.18. The normalized spacial score (nSPS) is 20.5. The third kappa shape index (κ3) is 3.44. The highest BCUT2D eigenvalue weighted by Gasteiger charge is 2.34. The maximum absolute atomic E-state index is 12.6. The van der Waals surface area contributed by atoms with Gasteiger partial charge in [-0.3, -0.25) is 9.59 Å². The minimum absolute atomic E-state index is 0.00344. The molecule has 0 aliphatic carbocycles. The minimum atomic E-state index is 0.00344. The molecular formula is C18H23N3O2S. The summed E-state index contributed by atoms with van der Waals surface area (Å²) in [6.45, 7) is 4.34. The van der Waals surface area contributed by atoms with Gasteiger partial charge in [0.2, 0.25) is 5.91 Å². The van der Waals surface area contributed by atoms with Crippen molar-refractivity contribution in [1.29, 1.82) is 0 Å². The third-order valence-corrected chi connectivity index (χ3v) is 5.73. The van der Waals surface area contributed by atoms with Crippen molar-refractivity contribution in [3.05, 3.63) is 56.6 Å². The van der Waals surface area contributed by atoms with E-state index in [-0.39, 0.29) is 10.8 Å². The summed E-state index contributed by atoms with van der Waals surface area (Å²) < 4.78 is 1.67. The van der Waals surface area contributed by atoms with Crippen LogP contribution in [0, 0.1) is 12.8 Å². The second kappa shape index (κ2) is 7.32. The monoisotopic (exact) mass is 345 g/mol. The Hall–Kier alpha value is -1.92. The van der Waals surface area contributed by atoms with Crippen LogP contribution >= 0.6 is 11.3 Å². The predicted octanol–water partition coefficient (Wildman–Crippen LogP) is 1.81. The van der Waals surface area contributed by atoms with Crippen LogP contribution in [0.4, 0.5) is 0 Å². The number of carbonyl (C=O) groups excluding carboxylic acids is 1. The fourth-order valence-corrected chi connectivity index (χ4v) is 4.19. The Bertz CT molecular complexity index is 753. The van der Waals surface area contributed by atoms with E-state index in [0.717, 1.165) is 5.69 Å². The van der Waals surface area contributed by atoms with Crippen molar-refractivity contribution in [3.8, 4) is 0 Å². The molecule has 5 nitrogen and oxygen atoms in total. The molecule has 0 spiro atoms. The molecule has 2 N–H and O–H groups in total.